The van der Waals surface area contributed by atoms with Crippen molar-refractivity contribution in [3.8, 4) is 11.5 Å². The molecule has 1 N–H and O–H groups in total. The van der Waals surface area contributed by atoms with Crippen molar-refractivity contribution in [3.05, 3.63) is 23.8 Å². The molecule has 0 aliphatic carbocycles. The van der Waals surface area contributed by atoms with Gasteiger partial charge in [-0.05, 0) is 17.7 Å². The minimum absolute atomic E-state index is 0.0836. The van der Waals surface area contributed by atoms with Gasteiger partial charge in [0, 0.05) is 26.2 Å². The lowest BCUT2D eigenvalue weighted by Crippen LogP contribution is -2.43. The second-order valence-corrected chi connectivity index (χ2v) is 7.28. The van der Waals surface area contributed by atoms with Gasteiger partial charge in [0.2, 0.25) is 10.0 Å². The summed E-state index contributed by atoms with van der Waals surface area (Å²) < 4.78 is 41.5. The Morgan fingerprint density at radius 2 is 1.87 bits per heavy atom. The number of sulfonamides is 1. The highest BCUT2D eigenvalue weighted by Gasteiger charge is 2.23. The summed E-state index contributed by atoms with van der Waals surface area (Å²) in [6.45, 7) is 2.79. The summed E-state index contributed by atoms with van der Waals surface area (Å²) in [5.74, 6) is 1.42. The van der Waals surface area contributed by atoms with E-state index >= 15 is 0 Å². The predicted octanol–water partition coefficient (Wildman–Crippen LogP) is 0.455. The van der Waals surface area contributed by atoms with Crippen LogP contribution in [0.3, 0.4) is 0 Å². The van der Waals surface area contributed by atoms with Crippen LogP contribution in [-0.2, 0) is 21.3 Å². The van der Waals surface area contributed by atoms with Crippen molar-refractivity contribution in [2.24, 2.45) is 0 Å². The summed E-state index contributed by atoms with van der Waals surface area (Å²) >= 11 is 0. The fourth-order valence-electron chi connectivity index (χ4n) is 2.38. The van der Waals surface area contributed by atoms with E-state index < -0.39 is 10.0 Å². The number of benzene rings is 1. The van der Waals surface area contributed by atoms with Gasteiger partial charge in [-0.15, -0.1) is 0 Å². The highest BCUT2D eigenvalue weighted by Crippen LogP contribution is 2.27. The molecule has 1 saturated heterocycles. The highest BCUT2D eigenvalue weighted by atomic mass is 32.2. The van der Waals surface area contributed by atoms with Crippen molar-refractivity contribution in [2.45, 2.75) is 6.54 Å². The first-order valence-corrected chi connectivity index (χ1v) is 9.15. The Morgan fingerprint density at radius 1 is 1.17 bits per heavy atom. The van der Waals surface area contributed by atoms with E-state index in [4.69, 9.17) is 14.2 Å². The molecular formula is C15H24N2O5S. The summed E-state index contributed by atoms with van der Waals surface area (Å²) in [6, 6.07) is 5.63. The zero-order valence-corrected chi connectivity index (χ0v) is 14.4. The highest BCUT2D eigenvalue weighted by molar-refractivity contribution is 7.89. The van der Waals surface area contributed by atoms with E-state index in [1.807, 2.05) is 18.2 Å². The van der Waals surface area contributed by atoms with E-state index in [9.17, 15) is 8.42 Å². The van der Waals surface area contributed by atoms with Crippen LogP contribution in [0.5, 0.6) is 11.5 Å². The average molecular weight is 344 g/mol. The molecule has 8 heteroatoms. The van der Waals surface area contributed by atoms with Gasteiger partial charge in [-0.2, -0.15) is 4.31 Å². The maximum atomic E-state index is 12.2. The SMILES string of the molecule is COc1ccc(CNCCS(=O)(=O)N2CCOCC2)cc1OC. The molecule has 1 aliphatic rings. The zero-order valence-electron chi connectivity index (χ0n) is 13.6. The molecule has 1 aliphatic heterocycles. The van der Waals surface area contributed by atoms with Crippen LogP contribution < -0.4 is 14.8 Å². The predicted molar refractivity (Wildman–Crippen MR) is 87.4 cm³/mol. The molecule has 0 bridgehead atoms. The lowest BCUT2D eigenvalue weighted by Gasteiger charge is -2.26. The minimum Gasteiger partial charge on any atom is -0.493 e. The summed E-state index contributed by atoms with van der Waals surface area (Å²) in [7, 11) is -0.0383. The van der Waals surface area contributed by atoms with Gasteiger partial charge in [0.15, 0.2) is 11.5 Å². The molecule has 7 nitrogen and oxygen atoms in total. The minimum atomic E-state index is -3.22. The summed E-state index contributed by atoms with van der Waals surface area (Å²) in [5, 5.41) is 3.15. The standard InChI is InChI=1S/C15H24N2O5S/c1-20-14-4-3-13(11-15(14)21-2)12-16-5-10-23(18,19)17-6-8-22-9-7-17/h3-4,11,16H,5-10,12H2,1-2H3. The number of morpholine rings is 1. The third kappa shape index (κ3) is 5.07. The lowest BCUT2D eigenvalue weighted by atomic mass is 10.2. The second kappa shape index (κ2) is 8.49. The largest absolute Gasteiger partial charge is 0.493 e. The molecule has 0 radical (unpaired) electrons. The van der Waals surface area contributed by atoms with E-state index in [1.54, 1.807) is 14.2 Å². The number of hydrogen-bond donors (Lipinski definition) is 1. The third-order valence-corrected chi connectivity index (χ3v) is 5.55. The first-order chi connectivity index (χ1) is 11.1. The van der Waals surface area contributed by atoms with Crippen LogP contribution in [0.15, 0.2) is 18.2 Å². The monoisotopic (exact) mass is 344 g/mol. The van der Waals surface area contributed by atoms with Gasteiger partial charge in [-0.3, -0.25) is 0 Å². The molecule has 0 saturated carbocycles. The van der Waals surface area contributed by atoms with Gasteiger partial charge in [0.1, 0.15) is 0 Å². The molecular weight excluding hydrogens is 320 g/mol. The van der Waals surface area contributed by atoms with Crippen LogP contribution in [0, 0.1) is 0 Å². The molecule has 0 atom stereocenters. The van der Waals surface area contributed by atoms with Crippen molar-refractivity contribution >= 4 is 10.0 Å². The zero-order chi connectivity index (χ0) is 16.7. The second-order valence-electron chi connectivity index (χ2n) is 5.19. The Kier molecular flexibility index (Phi) is 6.64. The molecule has 1 aromatic carbocycles. The Balaban J connectivity index is 1.80. The first kappa shape index (κ1) is 18.0. The molecule has 1 aromatic rings. The van der Waals surface area contributed by atoms with Gasteiger partial charge in [0.05, 0.1) is 33.2 Å². The topological polar surface area (TPSA) is 77.1 Å². The van der Waals surface area contributed by atoms with Crippen LogP contribution in [0.1, 0.15) is 5.56 Å². The quantitative estimate of drug-likeness (QED) is 0.690. The molecule has 2 rings (SSSR count). The fourth-order valence-corrected chi connectivity index (χ4v) is 3.74. The fraction of sp³-hybridized carbons (Fsp3) is 0.600. The lowest BCUT2D eigenvalue weighted by molar-refractivity contribution is 0.0730. The number of nitrogens with zero attached hydrogens (tertiary/aromatic N) is 1. The molecule has 130 valence electrons. The van der Waals surface area contributed by atoms with Crippen LogP contribution in [0.2, 0.25) is 0 Å². The van der Waals surface area contributed by atoms with E-state index in [1.165, 1.54) is 4.31 Å². The van der Waals surface area contributed by atoms with E-state index in [2.05, 4.69) is 5.32 Å². The molecule has 0 aromatic heterocycles. The number of ether oxygens (including phenoxy) is 3. The van der Waals surface area contributed by atoms with Crippen LogP contribution in [-0.4, -0.2) is 65.5 Å². The maximum Gasteiger partial charge on any atom is 0.215 e. The van der Waals surface area contributed by atoms with Gasteiger partial charge in [0.25, 0.3) is 0 Å². The smallest absolute Gasteiger partial charge is 0.215 e. The molecule has 1 heterocycles. The van der Waals surface area contributed by atoms with Gasteiger partial charge < -0.3 is 19.5 Å². The van der Waals surface area contributed by atoms with E-state index in [0.717, 1.165) is 5.56 Å². The Labute approximate surface area is 137 Å². The molecule has 1 fully saturated rings. The number of rotatable bonds is 8. The average Bonchev–Trinajstić information content (AvgIpc) is 2.59. The van der Waals surface area contributed by atoms with Crippen molar-refractivity contribution in [2.75, 3.05) is 52.8 Å². The Bertz CT molecular complexity index is 600. The molecule has 0 spiro atoms. The van der Waals surface area contributed by atoms with Gasteiger partial charge >= 0.3 is 0 Å². The molecule has 0 unspecified atom stereocenters. The number of hydrogen-bond acceptors (Lipinski definition) is 6. The van der Waals surface area contributed by atoms with Crippen LogP contribution >= 0.6 is 0 Å². The van der Waals surface area contributed by atoms with Crippen molar-refractivity contribution in [3.63, 3.8) is 0 Å². The molecule has 0 amide bonds. The Morgan fingerprint density at radius 3 is 2.52 bits per heavy atom. The first-order valence-electron chi connectivity index (χ1n) is 7.54. The number of nitrogens with one attached hydrogen (secondary N) is 1. The van der Waals surface area contributed by atoms with Gasteiger partial charge in [-0.1, -0.05) is 6.07 Å². The van der Waals surface area contributed by atoms with Crippen molar-refractivity contribution in [1.82, 2.24) is 9.62 Å². The molecule has 23 heavy (non-hydrogen) atoms. The van der Waals surface area contributed by atoms with Crippen molar-refractivity contribution < 1.29 is 22.6 Å². The summed E-state index contributed by atoms with van der Waals surface area (Å²) in [5.41, 5.74) is 1.01. The summed E-state index contributed by atoms with van der Waals surface area (Å²) in [4.78, 5) is 0. The van der Waals surface area contributed by atoms with Gasteiger partial charge in [-0.25, -0.2) is 8.42 Å². The van der Waals surface area contributed by atoms with Crippen LogP contribution in [0.25, 0.3) is 0 Å². The normalized spacial score (nSPS) is 16.3. The van der Waals surface area contributed by atoms with Crippen LogP contribution in [0.4, 0.5) is 0 Å². The number of methoxy groups -OCH3 is 2. The summed E-state index contributed by atoms with van der Waals surface area (Å²) in [6.07, 6.45) is 0. The third-order valence-electron chi connectivity index (χ3n) is 3.68. The maximum absolute atomic E-state index is 12.2. The van der Waals surface area contributed by atoms with Crippen molar-refractivity contribution in [1.29, 1.82) is 0 Å². The van der Waals surface area contributed by atoms with E-state index in [-0.39, 0.29) is 5.75 Å². The van der Waals surface area contributed by atoms with E-state index in [0.29, 0.717) is 50.9 Å². The Hall–Kier alpha value is -1.35.